The van der Waals surface area contributed by atoms with Crippen LogP contribution in [-0.2, 0) is 4.74 Å². The fourth-order valence-corrected chi connectivity index (χ4v) is 3.26. The van der Waals surface area contributed by atoms with Crippen molar-refractivity contribution in [2.45, 2.75) is 38.0 Å². The standard InChI is InChI=1S/C16H23BrN2O/c1-11-3-4-12(9-14(11)17)16-15(10-18-13-5-6-13)20-8-7-19(16)2/h3-4,9,13,15-16,18H,5-8,10H2,1-2H3. The highest BCUT2D eigenvalue weighted by atomic mass is 79.9. The molecule has 1 saturated heterocycles. The molecule has 20 heavy (non-hydrogen) atoms. The summed E-state index contributed by atoms with van der Waals surface area (Å²) < 4.78 is 7.23. The third kappa shape index (κ3) is 3.25. The molecule has 4 heteroatoms. The van der Waals surface area contributed by atoms with Crippen LogP contribution < -0.4 is 5.32 Å². The first-order valence-corrected chi connectivity index (χ1v) is 8.26. The van der Waals surface area contributed by atoms with Crippen molar-refractivity contribution in [3.63, 3.8) is 0 Å². The van der Waals surface area contributed by atoms with Crippen molar-refractivity contribution in [1.82, 2.24) is 10.2 Å². The van der Waals surface area contributed by atoms with Crippen molar-refractivity contribution >= 4 is 15.9 Å². The van der Waals surface area contributed by atoms with Gasteiger partial charge in [0, 0.05) is 23.6 Å². The molecular formula is C16H23BrN2O. The largest absolute Gasteiger partial charge is 0.374 e. The molecule has 1 aromatic rings. The highest BCUT2D eigenvalue weighted by molar-refractivity contribution is 9.10. The highest BCUT2D eigenvalue weighted by Crippen LogP contribution is 2.31. The molecule has 2 unspecified atom stereocenters. The molecule has 0 bridgehead atoms. The summed E-state index contributed by atoms with van der Waals surface area (Å²) in [6, 6.07) is 7.74. The molecule has 110 valence electrons. The Hall–Kier alpha value is -0.420. The van der Waals surface area contributed by atoms with Crippen molar-refractivity contribution in [2.24, 2.45) is 0 Å². The van der Waals surface area contributed by atoms with Gasteiger partial charge in [-0.15, -0.1) is 0 Å². The lowest BCUT2D eigenvalue weighted by Gasteiger charge is -2.39. The van der Waals surface area contributed by atoms with E-state index in [1.54, 1.807) is 0 Å². The molecule has 1 saturated carbocycles. The molecule has 1 aliphatic heterocycles. The Kier molecular flexibility index (Phi) is 4.46. The fourth-order valence-electron chi connectivity index (χ4n) is 2.87. The molecular weight excluding hydrogens is 316 g/mol. The smallest absolute Gasteiger partial charge is 0.0896 e. The van der Waals surface area contributed by atoms with E-state index in [9.17, 15) is 0 Å². The van der Waals surface area contributed by atoms with Gasteiger partial charge in [-0.1, -0.05) is 28.1 Å². The maximum Gasteiger partial charge on any atom is 0.0896 e. The molecule has 2 aliphatic rings. The van der Waals surface area contributed by atoms with Gasteiger partial charge < -0.3 is 10.1 Å². The van der Waals surface area contributed by atoms with Gasteiger partial charge in [0.2, 0.25) is 0 Å². The maximum atomic E-state index is 6.04. The molecule has 1 N–H and O–H groups in total. The van der Waals surface area contributed by atoms with E-state index in [4.69, 9.17) is 4.74 Å². The van der Waals surface area contributed by atoms with E-state index in [1.807, 2.05) is 0 Å². The number of hydrogen-bond donors (Lipinski definition) is 1. The number of likely N-dealkylation sites (N-methyl/N-ethyl adjacent to an activating group) is 1. The molecule has 3 rings (SSSR count). The third-order valence-electron chi connectivity index (χ3n) is 4.33. The van der Waals surface area contributed by atoms with Gasteiger partial charge in [0.05, 0.1) is 18.8 Å². The molecule has 2 atom stereocenters. The average Bonchev–Trinajstić information content (AvgIpc) is 3.24. The van der Waals surface area contributed by atoms with E-state index in [0.29, 0.717) is 6.04 Å². The van der Waals surface area contributed by atoms with Crippen LogP contribution in [0.2, 0.25) is 0 Å². The van der Waals surface area contributed by atoms with Crippen LogP contribution in [0.5, 0.6) is 0 Å². The van der Waals surface area contributed by atoms with E-state index < -0.39 is 0 Å². The van der Waals surface area contributed by atoms with Crippen LogP contribution in [0.3, 0.4) is 0 Å². The predicted molar refractivity (Wildman–Crippen MR) is 85.0 cm³/mol. The van der Waals surface area contributed by atoms with E-state index >= 15 is 0 Å². The Balaban J connectivity index is 1.78. The second kappa shape index (κ2) is 6.14. The van der Waals surface area contributed by atoms with Crippen LogP contribution in [0.15, 0.2) is 22.7 Å². The van der Waals surface area contributed by atoms with Crippen LogP contribution in [-0.4, -0.2) is 43.8 Å². The summed E-state index contributed by atoms with van der Waals surface area (Å²) in [7, 11) is 2.20. The van der Waals surface area contributed by atoms with Gasteiger partial charge in [-0.2, -0.15) is 0 Å². The molecule has 0 radical (unpaired) electrons. The summed E-state index contributed by atoms with van der Waals surface area (Å²) in [4.78, 5) is 2.42. The van der Waals surface area contributed by atoms with Crippen LogP contribution in [0.1, 0.15) is 30.0 Å². The van der Waals surface area contributed by atoms with Gasteiger partial charge in [0.15, 0.2) is 0 Å². The number of hydrogen-bond acceptors (Lipinski definition) is 3. The first kappa shape index (κ1) is 14.5. The number of halogens is 1. The van der Waals surface area contributed by atoms with Crippen LogP contribution in [0.25, 0.3) is 0 Å². The zero-order valence-corrected chi connectivity index (χ0v) is 13.8. The minimum absolute atomic E-state index is 0.240. The predicted octanol–water partition coefficient (Wildman–Crippen LogP) is 2.88. The fraction of sp³-hybridized carbons (Fsp3) is 0.625. The monoisotopic (exact) mass is 338 g/mol. The zero-order chi connectivity index (χ0) is 14.1. The third-order valence-corrected chi connectivity index (χ3v) is 5.18. The lowest BCUT2D eigenvalue weighted by atomic mass is 9.97. The van der Waals surface area contributed by atoms with E-state index in [1.165, 1.54) is 28.4 Å². The lowest BCUT2D eigenvalue weighted by Crippen LogP contribution is -2.47. The van der Waals surface area contributed by atoms with Crippen molar-refractivity contribution in [3.05, 3.63) is 33.8 Å². The average molecular weight is 339 g/mol. The minimum atomic E-state index is 0.240. The summed E-state index contributed by atoms with van der Waals surface area (Å²) >= 11 is 3.65. The number of nitrogens with one attached hydrogen (secondary N) is 1. The maximum absolute atomic E-state index is 6.04. The van der Waals surface area contributed by atoms with Crippen molar-refractivity contribution < 1.29 is 4.74 Å². The van der Waals surface area contributed by atoms with Gasteiger partial charge in [0.1, 0.15) is 0 Å². The molecule has 0 amide bonds. The van der Waals surface area contributed by atoms with Gasteiger partial charge in [-0.25, -0.2) is 0 Å². The van der Waals surface area contributed by atoms with Crippen molar-refractivity contribution in [2.75, 3.05) is 26.7 Å². The molecule has 3 nitrogen and oxygen atoms in total. The topological polar surface area (TPSA) is 24.5 Å². The van der Waals surface area contributed by atoms with E-state index in [-0.39, 0.29) is 6.10 Å². The van der Waals surface area contributed by atoms with E-state index in [2.05, 4.69) is 58.3 Å². The van der Waals surface area contributed by atoms with E-state index in [0.717, 1.165) is 25.7 Å². The second-order valence-corrected chi connectivity index (χ2v) is 6.88. The Morgan fingerprint density at radius 1 is 1.40 bits per heavy atom. The first-order chi connectivity index (χ1) is 9.65. The van der Waals surface area contributed by atoms with Crippen LogP contribution in [0, 0.1) is 6.92 Å². The van der Waals surface area contributed by atoms with Gasteiger partial charge in [0.25, 0.3) is 0 Å². The van der Waals surface area contributed by atoms with Crippen LogP contribution in [0.4, 0.5) is 0 Å². The Morgan fingerprint density at radius 2 is 2.20 bits per heavy atom. The zero-order valence-electron chi connectivity index (χ0n) is 12.2. The summed E-state index contributed by atoms with van der Waals surface area (Å²) in [5.74, 6) is 0. The Labute approximate surface area is 129 Å². The molecule has 1 aromatic carbocycles. The number of benzene rings is 1. The number of nitrogens with zero attached hydrogens (tertiary/aromatic N) is 1. The summed E-state index contributed by atoms with van der Waals surface area (Å²) in [5.41, 5.74) is 2.62. The summed E-state index contributed by atoms with van der Waals surface area (Å²) in [5, 5.41) is 3.61. The second-order valence-electron chi connectivity index (χ2n) is 6.03. The highest BCUT2D eigenvalue weighted by Gasteiger charge is 2.33. The Morgan fingerprint density at radius 3 is 2.90 bits per heavy atom. The van der Waals surface area contributed by atoms with Crippen LogP contribution >= 0.6 is 15.9 Å². The molecule has 1 aliphatic carbocycles. The SMILES string of the molecule is Cc1ccc(C2C(CNC3CC3)OCCN2C)cc1Br. The number of rotatable bonds is 4. The molecule has 1 heterocycles. The lowest BCUT2D eigenvalue weighted by molar-refractivity contribution is -0.0615. The molecule has 0 aromatic heterocycles. The molecule has 0 spiro atoms. The number of aryl methyl sites for hydroxylation is 1. The Bertz CT molecular complexity index is 476. The normalized spacial score (nSPS) is 27.8. The number of morpholine rings is 1. The summed E-state index contributed by atoms with van der Waals surface area (Å²) in [6.07, 6.45) is 2.89. The minimum Gasteiger partial charge on any atom is -0.374 e. The summed E-state index contributed by atoms with van der Waals surface area (Å²) in [6.45, 7) is 4.90. The molecule has 2 fully saturated rings. The van der Waals surface area contributed by atoms with Gasteiger partial charge in [-0.3, -0.25) is 4.90 Å². The first-order valence-electron chi connectivity index (χ1n) is 7.46. The van der Waals surface area contributed by atoms with Gasteiger partial charge >= 0.3 is 0 Å². The van der Waals surface area contributed by atoms with Crippen molar-refractivity contribution in [1.29, 1.82) is 0 Å². The quantitative estimate of drug-likeness (QED) is 0.913. The number of ether oxygens (including phenoxy) is 1. The van der Waals surface area contributed by atoms with Crippen molar-refractivity contribution in [3.8, 4) is 0 Å². The van der Waals surface area contributed by atoms with Gasteiger partial charge in [-0.05, 0) is 44.0 Å².